The van der Waals surface area contributed by atoms with Crippen LogP contribution in [0.15, 0.2) is 29.4 Å². The molecule has 0 aliphatic carbocycles. The molecule has 108 valence electrons. The van der Waals surface area contributed by atoms with Gasteiger partial charge < -0.3 is 5.32 Å². The summed E-state index contributed by atoms with van der Waals surface area (Å²) in [5, 5.41) is 3.25. The van der Waals surface area contributed by atoms with Gasteiger partial charge in [-0.25, -0.2) is 13.4 Å². The van der Waals surface area contributed by atoms with E-state index in [4.69, 9.17) is 23.2 Å². The Labute approximate surface area is 131 Å². The van der Waals surface area contributed by atoms with Gasteiger partial charge in [-0.15, -0.1) is 11.3 Å². The van der Waals surface area contributed by atoms with Gasteiger partial charge in [0.05, 0.1) is 26.6 Å². The molecule has 2 aromatic rings. The van der Waals surface area contributed by atoms with Crippen LogP contribution in [0.5, 0.6) is 0 Å². The Bertz CT molecular complexity index is 712. The van der Waals surface area contributed by atoms with Crippen molar-refractivity contribution >= 4 is 50.1 Å². The van der Waals surface area contributed by atoms with Gasteiger partial charge in [0.1, 0.15) is 0 Å². The molecular formula is C12H12Cl2N2O2S2. The van der Waals surface area contributed by atoms with Gasteiger partial charge >= 0.3 is 0 Å². The van der Waals surface area contributed by atoms with Crippen LogP contribution in [0.25, 0.3) is 0 Å². The van der Waals surface area contributed by atoms with Crippen LogP contribution in [-0.2, 0) is 9.84 Å². The molecule has 2 rings (SSSR count). The lowest BCUT2D eigenvalue weighted by Crippen LogP contribution is -2.07. The van der Waals surface area contributed by atoms with E-state index in [-0.39, 0.29) is 11.1 Å². The largest absolute Gasteiger partial charge is 0.377 e. The molecule has 2 heterocycles. The fraction of sp³-hybridized carbons (Fsp3) is 0.250. The lowest BCUT2D eigenvalue weighted by Gasteiger charge is -2.14. The van der Waals surface area contributed by atoms with Crippen molar-refractivity contribution in [1.29, 1.82) is 0 Å². The number of halogens is 2. The smallest absolute Gasteiger partial charge is 0.192 e. The first-order chi connectivity index (χ1) is 9.27. The second-order valence-corrected chi connectivity index (χ2v) is 8.55. The van der Waals surface area contributed by atoms with Crippen LogP contribution in [-0.4, -0.2) is 19.7 Å². The molecule has 1 N–H and O–H groups in total. The summed E-state index contributed by atoms with van der Waals surface area (Å²) in [5.41, 5.74) is 1.61. The van der Waals surface area contributed by atoms with E-state index in [2.05, 4.69) is 10.3 Å². The minimum atomic E-state index is -3.28. The van der Waals surface area contributed by atoms with E-state index in [1.165, 1.54) is 23.6 Å². The molecule has 0 aliphatic rings. The second kappa shape index (κ2) is 5.89. The van der Waals surface area contributed by atoms with Gasteiger partial charge in [-0.05, 0) is 25.1 Å². The Kier molecular flexibility index (Phi) is 4.59. The molecular weight excluding hydrogens is 339 g/mol. The normalized spacial score (nSPS) is 13.2. The minimum Gasteiger partial charge on any atom is -0.377 e. The van der Waals surface area contributed by atoms with E-state index in [0.29, 0.717) is 14.4 Å². The molecule has 0 fully saturated rings. The van der Waals surface area contributed by atoms with Gasteiger partial charge in [0.25, 0.3) is 0 Å². The molecule has 0 aliphatic heterocycles. The number of pyridine rings is 1. The number of nitrogens with zero attached hydrogens (tertiary/aromatic N) is 1. The van der Waals surface area contributed by atoms with Crippen LogP contribution in [0.4, 0.5) is 5.69 Å². The van der Waals surface area contributed by atoms with Crippen molar-refractivity contribution < 1.29 is 8.42 Å². The standard InChI is InChI=1S/C12H12Cl2N2O2S2/c1-7(9-5-10(13)19-12(9)14)16-8-3-4-11(15-6-8)20(2,17)18/h3-7,16H,1-2H3. The first-order valence-electron chi connectivity index (χ1n) is 5.65. The van der Waals surface area contributed by atoms with Gasteiger partial charge in [-0.1, -0.05) is 23.2 Å². The van der Waals surface area contributed by atoms with Crippen LogP contribution >= 0.6 is 34.5 Å². The van der Waals surface area contributed by atoms with Crippen molar-refractivity contribution in [3.05, 3.63) is 38.6 Å². The molecule has 2 aromatic heterocycles. The van der Waals surface area contributed by atoms with Crippen LogP contribution in [0.2, 0.25) is 8.67 Å². The highest BCUT2D eigenvalue weighted by atomic mass is 35.5. The number of nitrogens with one attached hydrogen (secondary N) is 1. The van der Waals surface area contributed by atoms with Gasteiger partial charge in [-0.3, -0.25) is 0 Å². The fourth-order valence-corrected chi connectivity index (χ4v) is 3.87. The first-order valence-corrected chi connectivity index (χ1v) is 9.11. The number of hydrogen-bond donors (Lipinski definition) is 1. The Balaban J connectivity index is 2.16. The van der Waals surface area contributed by atoms with Crippen LogP contribution < -0.4 is 5.32 Å². The van der Waals surface area contributed by atoms with Gasteiger partial charge in [0, 0.05) is 11.8 Å². The zero-order valence-corrected chi connectivity index (χ0v) is 13.9. The molecule has 4 nitrogen and oxygen atoms in total. The van der Waals surface area contributed by atoms with E-state index >= 15 is 0 Å². The van der Waals surface area contributed by atoms with Crippen molar-refractivity contribution in [3.63, 3.8) is 0 Å². The monoisotopic (exact) mass is 350 g/mol. The van der Waals surface area contributed by atoms with Gasteiger partial charge in [-0.2, -0.15) is 0 Å². The zero-order chi connectivity index (χ0) is 14.9. The zero-order valence-electron chi connectivity index (χ0n) is 10.7. The van der Waals surface area contributed by atoms with Gasteiger partial charge in [0.2, 0.25) is 0 Å². The lowest BCUT2D eigenvalue weighted by atomic mass is 10.2. The molecule has 0 aromatic carbocycles. The van der Waals surface area contributed by atoms with E-state index in [0.717, 1.165) is 11.8 Å². The molecule has 1 atom stereocenters. The summed E-state index contributed by atoms with van der Waals surface area (Å²) in [6.07, 6.45) is 2.60. The third-order valence-electron chi connectivity index (χ3n) is 2.65. The number of thiophene rings is 1. The number of aromatic nitrogens is 1. The maximum Gasteiger partial charge on any atom is 0.192 e. The quantitative estimate of drug-likeness (QED) is 0.904. The number of anilines is 1. The van der Waals surface area contributed by atoms with E-state index in [9.17, 15) is 8.42 Å². The summed E-state index contributed by atoms with van der Waals surface area (Å²) < 4.78 is 23.9. The van der Waals surface area contributed by atoms with E-state index in [1.54, 1.807) is 6.07 Å². The summed E-state index contributed by atoms with van der Waals surface area (Å²) in [5.74, 6) is 0. The maximum atomic E-state index is 11.3. The number of hydrogen-bond acceptors (Lipinski definition) is 5. The van der Waals surface area contributed by atoms with E-state index in [1.807, 2.05) is 13.0 Å². The first kappa shape index (κ1) is 15.6. The number of rotatable bonds is 4. The second-order valence-electron chi connectivity index (χ2n) is 4.30. The highest BCUT2D eigenvalue weighted by Crippen LogP contribution is 2.36. The lowest BCUT2D eigenvalue weighted by molar-refractivity contribution is 0.598. The average molecular weight is 351 g/mol. The van der Waals surface area contributed by atoms with Crippen molar-refractivity contribution in [1.82, 2.24) is 4.98 Å². The molecule has 0 amide bonds. The summed E-state index contributed by atoms with van der Waals surface area (Å²) in [6.45, 7) is 1.94. The minimum absolute atomic E-state index is 0.0484. The Hall–Kier alpha value is -0.820. The summed E-state index contributed by atoms with van der Waals surface area (Å²) in [4.78, 5) is 3.92. The highest BCUT2D eigenvalue weighted by Gasteiger charge is 2.14. The van der Waals surface area contributed by atoms with Crippen LogP contribution in [0, 0.1) is 0 Å². The SMILES string of the molecule is CC(Nc1ccc(S(C)(=O)=O)nc1)c1cc(Cl)sc1Cl. The molecule has 1 unspecified atom stereocenters. The average Bonchev–Trinajstić information content (AvgIpc) is 2.68. The van der Waals surface area contributed by atoms with Crippen molar-refractivity contribution in [3.8, 4) is 0 Å². The maximum absolute atomic E-state index is 11.3. The van der Waals surface area contributed by atoms with Gasteiger partial charge in [0.15, 0.2) is 14.9 Å². The highest BCUT2D eigenvalue weighted by molar-refractivity contribution is 7.90. The molecule has 0 saturated heterocycles. The predicted octanol–water partition coefficient (Wildman–Crippen LogP) is 4.03. The molecule has 0 bridgehead atoms. The fourth-order valence-electron chi connectivity index (χ4n) is 1.66. The predicted molar refractivity (Wildman–Crippen MR) is 83.7 cm³/mol. The molecule has 20 heavy (non-hydrogen) atoms. The van der Waals surface area contributed by atoms with E-state index < -0.39 is 9.84 Å². The third-order valence-corrected chi connectivity index (χ3v) is 5.17. The topological polar surface area (TPSA) is 59.1 Å². The van der Waals surface area contributed by atoms with Crippen molar-refractivity contribution in [2.75, 3.05) is 11.6 Å². The number of sulfone groups is 1. The molecule has 8 heteroatoms. The Morgan fingerprint density at radius 1 is 1.35 bits per heavy atom. The molecule has 0 spiro atoms. The summed E-state index contributed by atoms with van der Waals surface area (Å²) >= 11 is 13.3. The van der Waals surface area contributed by atoms with Crippen molar-refractivity contribution in [2.24, 2.45) is 0 Å². The molecule has 0 saturated carbocycles. The van der Waals surface area contributed by atoms with Crippen molar-refractivity contribution in [2.45, 2.75) is 18.0 Å². The van der Waals surface area contributed by atoms with Crippen LogP contribution in [0.1, 0.15) is 18.5 Å². The Morgan fingerprint density at radius 2 is 2.05 bits per heavy atom. The third kappa shape index (κ3) is 3.63. The molecule has 0 radical (unpaired) electrons. The summed E-state index contributed by atoms with van der Waals surface area (Å²) in [7, 11) is -3.28. The van der Waals surface area contributed by atoms with Crippen LogP contribution in [0.3, 0.4) is 0 Å². The Morgan fingerprint density at radius 3 is 2.50 bits per heavy atom. The summed E-state index contributed by atoms with van der Waals surface area (Å²) in [6, 6.07) is 4.89.